The van der Waals surface area contributed by atoms with Crippen molar-refractivity contribution in [2.75, 3.05) is 6.54 Å². The molecule has 108 valence electrons. The van der Waals surface area contributed by atoms with Crippen molar-refractivity contribution >= 4 is 17.2 Å². The van der Waals surface area contributed by atoms with Gasteiger partial charge in [0.15, 0.2) is 0 Å². The summed E-state index contributed by atoms with van der Waals surface area (Å²) in [6.45, 7) is 2.72. The van der Waals surface area contributed by atoms with Crippen LogP contribution in [0.5, 0.6) is 0 Å². The van der Waals surface area contributed by atoms with Crippen molar-refractivity contribution in [3.8, 4) is 0 Å². The van der Waals surface area contributed by atoms with Crippen LogP contribution >= 0.6 is 11.3 Å². The minimum absolute atomic E-state index is 0.0407. The Morgan fingerprint density at radius 1 is 1.45 bits per heavy atom. The van der Waals surface area contributed by atoms with Gasteiger partial charge in [-0.15, -0.1) is 21.5 Å². The van der Waals surface area contributed by atoms with Crippen LogP contribution in [-0.2, 0) is 31.1 Å². The van der Waals surface area contributed by atoms with Gasteiger partial charge in [0.2, 0.25) is 5.91 Å². The maximum Gasteiger partial charge on any atom is 0.220 e. The molecule has 0 aliphatic rings. The van der Waals surface area contributed by atoms with Gasteiger partial charge < -0.3 is 9.88 Å². The first-order valence-corrected chi connectivity index (χ1v) is 7.60. The summed E-state index contributed by atoms with van der Waals surface area (Å²) in [4.78, 5) is 16.2. The molecule has 0 aromatic carbocycles. The molecule has 2 aromatic heterocycles. The molecule has 2 aromatic rings. The lowest BCUT2D eigenvalue weighted by Crippen LogP contribution is -2.26. The summed E-state index contributed by atoms with van der Waals surface area (Å²) < 4.78 is 1.83. The Kier molecular flexibility index (Phi) is 5.23. The second-order valence-electron chi connectivity index (χ2n) is 4.54. The molecular formula is C13H19N5OS. The molecule has 20 heavy (non-hydrogen) atoms. The van der Waals surface area contributed by atoms with Crippen LogP contribution in [0.3, 0.4) is 0 Å². The molecule has 0 saturated heterocycles. The summed E-state index contributed by atoms with van der Waals surface area (Å²) in [6, 6.07) is 0. The smallest absolute Gasteiger partial charge is 0.220 e. The van der Waals surface area contributed by atoms with Crippen molar-refractivity contribution in [1.82, 2.24) is 25.1 Å². The molecule has 0 radical (unpaired) electrons. The van der Waals surface area contributed by atoms with Crippen LogP contribution < -0.4 is 5.32 Å². The molecule has 0 spiro atoms. The lowest BCUT2D eigenvalue weighted by Gasteiger charge is -2.03. The number of thiazole rings is 1. The molecule has 2 rings (SSSR count). The van der Waals surface area contributed by atoms with Gasteiger partial charge in [0.05, 0.1) is 10.7 Å². The molecule has 2 heterocycles. The summed E-state index contributed by atoms with van der Waals surface area (Å²) in [5.41, 5.74) is 1.06. The van der Waals surface area contributed by atoms with Crippen molar-refractivity contribution in [1.29, 1.82) is 0 Å². The molecule has 6 nitrogen and oxygen atoms in total. The van der Waals surface area contributed by atoms with Gasteiger partial charge in [-0.2, -0.15) is 0 Å². The van der Waals surface area contributed by atoms with E-state index in [9.17, 15) is 4.79 Å². The van der Waals surface area contributed by atoms with E-state index < -0.39 is 0 Å². The predicted molar refractivity (Wildman–Crippen MR) is 77.5 cm³/mol. The molecule has 0 fully saturated rings. The predicted octanol–water partition coefficient (Wildman–Crippen LogP) is 1.13. The van der Waals surface area contributed by atoms with E-state index in [2.05, 4.69) is 32.8 Å². The third kappa shape index (κ3) is 4.12. The van der Waals surface area contributed by atoms with E-state index in [0.717, 1.165) is 29.4 Å². The molecule has 1 amide bonds. The molecule has 0 aliphatic heterocycles. The largest absolute Gasteiger partial charge is 0.356 e. The first-order chi connectivity index (χ1) is 9.69. The van der Waals surface area contributed by atoms with E-state index >= 15 is 0 Å². The number of nitrogens with zero attached hydrogens (tertiary/aromatic N) is 4. The molecule has 0 unspecified atom stereocenters. The van der Waals surface area contributed by atoms with Gasteiger partial charge in [-0.05, 0) is 6.42 Å². The van der Waals surface area contributed by atoms with Gasteiger partial charge in [-0.1, -0.05) is 6.92 Å². The second-order valence-corrected chi connectivity index (χ2v) is 5.49. The molecule has 0 atom stereocenters. The number of nitrogens with one attached hydrogen (secondary N) is 1. The Morgan fingerprint density at radius 3 is 2.95 bits per heavy atom. The number of carbonyl (C=O) groups excluding carboxylic acids is 1. The van der Waals surface area contributed by atoms with E-state index in [-0.39, 0.29) is 5.91 Å². The van der Waals surface area contributed by atoms with Crippen LogP contribution in [0, 0.1) is 0 Å². The fourth-order valence-corrected chi connectivity index (χ4v) is 2.58. The van der Waals surface area contributed by atoms with Crippen molar-refractivity contribution in [2.45, 2.75) is 32.6 Å². The SMILES string of the molecule is CCc1nc(CCNC(=O)CCc2nncn2C)cs1. The number of hydrogen-bond donors (Lipinski definition) is 1. The quantitative estimate of drug-likeness (QED) is 0.830. The lowest BCUT2D eigenvalue weighted by molar-refractivity contribution is -0.121. The number of amides is 1. The van der Waals surface area contributed by atoms with Crippen LogP contribution in [0.25, 0.3) is 0 Å². The van der Waals surface area contributed by atoms with Gasteiger partial charge in [0.25, 0.3) is 0 Å². The highest BCUT2D eigenvalue weighted by Gasteiger charge is 2.06. The summed E-state index contributed by atoms with van der Waals surface area (Å²) in [5.74, 6) is 0.867. The molecule has 1 N–H and O–H groups in total. The molecule has 0 saturated carbocycles. The van der Waals surface area contributed by atoms with Gasteiger partial charge in [0.1, 0.15) is 12.2 Å². The Balaban J connectivity index is 1.66. The number of hydrogen-bond acceptors (Lipinski definition) is 5. The van der Waals surface area contributed by atoms with Gasteiger partial charge in [-0.3, -0.25) is 4.79 Å². The lowest BCUT2D eigenvalue weighted by atomic mass is 10.2. The zero-order valence-corrected chi connectivity index (χ0v) is 12.6. The van der Waals surface area contributed by atoms with Crippen LogP contribution in [0.15, 0.2) is 11.7 Å². The number of aromatic nitrogens is 4. The van der Waals surface area contributed by atoms with Crippen LogP contribution in [-0.4, -0.2) is 32.2 Å². The maximum absolute atomic E-state index is 11.7. The van der Waals surface area contributed by atoms with Gasteiger partial charge >= 0.3 is 0 Å². The number of rotatable bonds is 7. The summed E-state index contributed by atoms with van der Waals surface area (Å²) in [5, 5.41) is 13.9. The minimum atomic E-state index is 0.0407. The molecule has 0 bridgehead atoms. The highest BCUT2D eigenvalue weighted by molar-refractivity contribution is 7.09. The molecular weight excluding hydrogens is 274 g/mol. The van der Waals surface area contributed by atoms with E-state index in [1.165, 1.54) is 0 Å². The Morgan fingerprint density at radius 2 is 2.30 bits per heavy atom. The first-order valence-electron chi connectivity index (χ1n) is 6.72. The maximum atomic E-state index is 11.7. The third-order valence-corrected chi connectivity index (χ3v) is 4.03. The van der Waals surface area contributed by atoms with Crippen LogP contribution in [0.1, 0.15) is 29.9 Å². The van der Waals surface area contributed by atoms with Crippen LogP contribution in [0.4, 0.5) is 0 Å². The fraction of sp³-hybridized carbons (Fsp3) is 0.538. The normalized spacial score (nSPS) is 10.7. The van der Waals surface area contributed by atoms with E-state index in [1.807, 2.05) is 11.6 Å². The Labute approximate surface area is 122 Å². The van der Waals surface area contributed by atoms with E-state index in [1.54, 1.807) is 17.7 Å². The molecule has 0 aliphatic carbocycles. The topological polar surface area (TPSA) is 72.7 Å². The Hall–Kier alpha value is -1.76. The Bertz CT molecular complexity index is 563. The first kappa shape index (κ1) is 14.6. The van der Waals surface area contributed by atoms with Gasteiger partial charge in [0, 0.05) is 38.2 Å². The average Bonchev–Trinajstić information content (AvgIpc) is 3.05. The summed E-state index contributed by atoms with van der Waals surface area (Å²) >= 11 is 1.68. The highest BCUT2D eigenvalue weighted by Crippen LogP contribution is 2.10. The number of aryl methyl sites for hydroxylation is 3. The van der Waals surface area contributed by atoms with Gasteiger partial charge in [-0.25, -0.2) is 4.98 Å². The molecule has 7 heteroatoms. The summed E-state index contributed by atoms with van der Waals surface area (Å²) in [6.07, 6.45) is 4.44. The van der Waals surface area contributed by atoms with E-state index in [4.69, 9.17) is 0 Å². The second kappa shape index (κ2) is 7.14. The van der Waals surface area contributed by atoms with E-state index in [0.29, 0.717) is 19.4 Å². The monoisotopic (exact) mass is 293 g/mol. The standard InChI is InChI=1S/C13H19N5OS/c1-3-13-16-10(8-20-13)6-7-14-12(19)5-4-11-17-15-9-18(11)2/h8-9H,3-7H2,1-2H3,(H,14,19). The third-order valence-electron chi connectivity index (χ3n) is 2.99. The minimum Gasteiger partial charge on any atom is -0.356 e. The van der Waals surface area contributed by atoms with Crippen molar-refractivity contribution in [3.05, 3.63) is 28.2 Å². The van der Waals surface area contributed by atoms with Crippen molar-refractivity contribution in [2.24, 2.45) is 7.05 Å². The number of carbonyl (C=O) groups is 1. The fourth-order valence-electron chi connectivity index (χ4n) is 1.80. The average molecular weight is 293 g/mol. The summed E-state index contributed by atoms with van der Waals surface area (Å²) in [7, 11) is 1.88. The van der Waals surface area contributed by atoms with Crippen molar-refractivity contribution in [3.63, 3.8) is 0 Å². The zero-order chi connectivity index (χ0) is 14.4. The highest BCUT2D eigenvalue weighted by atomic mass is 32.1. The van der Waals surface area contributed by atoms with Crippen molar-refractivity contribution < 1.29 is 4.79 Å². The van der Waals surface area contributed by atoms with Crippen LogP contribution in [0.2, 0.25) is 0 Å². The zero-order valence-electron chi connectivity index (χ0n) is 11.8.